The SMILES string of the molecule is CCc1cccnc1CNC(C)c1cnn(C)c1. The maximum atomic E-state index is 4.44. The van der Waals surface area contributed by atoms with Crippen LogP contribution >= 0.6 is 0 Å². The molecule has 1 unspecified atom stereocenters. The molecule has 0 aliphatic carbocycles. The summed E-state index contributed by atoms with van der Waals surface area (Å²) >= 11 is 0. The Morgan fingerprint density at radius 3 is 2.94 bits per heavy atom. The van der Waals surface area contributed by atoms with Crippen LogP contribution in [0.3, 0.4) is 0 Å². The summed E-state index contributed by atoms with van der Waals surface area (Å²) in [6.45, 7) is 5.09. The monoisotopic (exact) mass is 244 g/mol. The molecule has 0 aliphatic rings. The van der Waals surface area contributed by atoms with Crippen molar-refractivity contribution >= 4 is 0 Å². The van der Waals surface area contributed by atoms with Crippen molar-refractivity contribution in [3.8, 4) is 0 Å². The highest BCUT2D eigenvalue weighted by molar-refractivity contribution is 5.20. The molecule has 2 rings (SSSR count). The molecule has 0 saturated carbocycles. The second kappa shape index (κ2) is 5.78. The summed E-state index contributed by atoms with van der Waals surface area (Å²) in [7, 11) is 1.93. The maximum Gasteiger partial charge on any atom is 0.0573 e. The average Bonchev–Trinajstić information content (AvgIpc) is 2.83. The first-order valence-corrected chi connectivity index (χ1v) is 6.35. The first kappa shape index (κ1) is 12.8. The predicted octanol–water partition coefficient (Wildman–Crippen LogP) is 2.23. The second-order valence-electron chi connectivity index (χ2n) is 4.51. The van der Waals surface area contributed by atoms with Crippen molar-refractivity contribution < 1.29 is 0 Å². The third-order valence-corrected chi connectivity index (χ3v) is 3.17. The Bertz CT molecular complexity index is 504. The van der Waals surface area contributed by atoms with Gasteiger partial charge < -0.3 is 5.32 Å². The molecule has 4 nitrogen and oxygen atoms in total. The Kier molecular flexibility index (Phi) is 4.10. The molecule has 0 amide bonds. The number of nitrogens with one attached hydrogen (secondary N) is 1. The van der Waals surface area contributed by atoms with Crippen LogP contribution in [0.4, 0.5) is 0 Å². The molecule has 96 valence electrons. The van der Waals surface area contributed by atoms with Crippen LogP contribution in [0.25, 0.3) is 0 Å². The quantitative estimate of drug-likeness (QED) is 0.877. The summed E-state index contributed by atoms with van der Waals surface area (Å²) < 4.78 is 1.83. The minimum Gasteiger partial charge on any atom is -0.304 e. The molecule has 0 bridgehead atoms. The molecule has 18 heavy (non-hydrogen) atoms. The van der Waals surface area contributed by atoms with E-state index in [1.165, 1.54) is 11.1 Å². The first-order chi connectivity index (χ1) is 8.70. The zero-order valence-electron chi connectivity index (χ0n) is 11.2. The molecule has 4 heteroatoms. The molecule has 1 N–H and O–H groups in total. The van der Waals surface area contributed by atoms with Gasteiger partial charge in [0.1, 0.15) is 0 Å². The maximum absolute atomic E-state index is 4.44. The minimum atomic E-state index is 0.283. The van der Waals surface area contributed by atoms with Crippen LogP contribution in [-0.2, 0) is 20.0 Å². The smallest absolute Gasteiger partial charge is 0.0573 e. The van der Waals surface area contributed by atoms with Crippen molar-refractivity contribution in [1.82, 2.24) is 20.1 Å². The van der Waals surface area contributed by atoms with Gasteiger partial charge in [0.05, 0.1) is 11.9 Å². The van der Waals surface area contributed by atoms with Gasteiger partial charge in [0, 0.05) is 37.6 Å². The summed E-state index contributed by atoms with van der Waals surface area (Å²) in [5, 5.41) is 7.67. The van der Waals surface area contributed by atoms with Gasteiger partial charge in [0.25, 0.3) is 0 Å². The molecular weight excluding hydrogens is 224 g/mol. The molecule has 1 atom stereocenters. The van der Waals surface area contributed by atoms with Crippen LogP contribution < -0.4 is 5.32 Å². The molecule has 2 heterocycles. The Balaban J connectivity index is 1.99. The van der Waals surface area contributed by atoms with Crippen LogP contribution in [0.2, 0.25) is 0 Å². The van der Waals surface area contributed by atoms with Crippen molar-refractivity contribution in [2.75, 3.05) is 0 Å². The van der Waals surface area contributed by atoms with Crippen molar-refractivity contribution in [1.29, 1.82) is 0 Å². The van der Waals surface area contributed by atoms with E-state index >= 15 is 0 Å². The molecule has 0 spiro atoms. The van der Waals surface area contributed by atoms with E-state index in [0.29, 0.717) is 0 Å². The van der Waals surface area contributed by atoms with Crippen molar-refractivity contribution in [3.05, 3.63) is 47.5 Å². The highest BCUT2D eigenvalue weighted by Crippen LogP contribution is 2.12. The largest absolute Gasteiger partial charge is 0.304 e. The van der Waals surface area contributed by atoms with E-state index in [0.717, 1.165) is 18.7 Å². The van der Waals surface area contributed by atoms with Gasteiger partial charge in [-0.1, -0.05) is 13.0 Å². The Morgan fingerprint density at radius 2 is 2.28 bits per heavy atom. The summed E-state index contributed by atoms with van der Waals surface area (Å²) in [5.74, 6) is 0. The van der Waals surface area contributed by atoms with Gasteiger partial charge in [-0.25, -0.2) is 0 Å². The number of hydrogen-bond acceptors (Lipinski definition) is 3. The zero-order chi connectivity index (χ0) is 13.0. The van der Waals surface area contributed by atoms with E-state index in [4.69, 9.17) is 0 Å². The lowest BCUT2D eigenvalue weighted by molar-refractivity contribution is 0.564. The molecule has 0 aliphatic heterocycles. The molecule has 0 fully saturated rings. The summed E-state index contributed by atoms with van der Waals surface area (Å²) in [4.78, 5) is 4.44. The van der Waals surface area contributed by atoms with E-state index in [-0.39, 0.29) is 6.04 Å². The lowest BCUT2D eigenvalue weighted by Gasteiger charge is -2.13. The van der Waals surface area contributed by atoms with Gasteiger partial charge in [-0.05, 0) is 25.0 Å². The van der Waals surface area contributed by atoms with Gasteiger partial charge in [-0.3, -0.25) is 9.67 Å². The van der Waals surface area contributed by atoms with E-state index in [1.807, 2.05) is 36.4 Å². The number of hydrogen-bond donors (Lipinski definition) is 1. The molecule has 0 radical (unpaired) electrons. The van der Waals surface area contributed by atoms with Crippen LogP contribution in [-0.4, -0.2) is 14.8 Å². The summed E-state index contributed by atoms with van der Waals surface area (Å²) in [5.41, 5.74) is 3.64. The standard InChI is InChI=1S/C14H20N4/c1-4-12-6-5-7-15-14(12)9-16-11(2)13-8-17-18(3)10-13/h5-8,10-11,16H,4,9H2,1-3H3. The fraction of sp³-hybridized carbons (Fsp3) is 0.429. The third-order valence-electron chi connectivity index (χ3n) is 3.17. The highest BCUT2D eigenvalue weighted by atomic mass is 15.2. The lowest BCUT2D eigenvalue weighted by Crippen LogP contribution is -2.19. The molecule has 2 aromatic rings. The van der Waals surface area contributed by atoms with Crippen molar-refractivity contribution in [2.45, 2.75) is 32.9 Å². The number of nitrogens with zero attached hydrogens (tertiary/aromatic N) is 3. The average molecular weight is 244 g/mol. The van der Waals surface area contributed by atoms with E-state index in [9.17, 15) is 0 Å². The number of rotatable bonds is 5. The van der Waals surface area contributed by atoms with Crippen LogP contribution in [0.1, 0.15) is 36.7 Å². The van der Waals surface area contributed by atoms with E-state index in [1.54, 1.807) is 0 Å². The Morgan fingerprint density at radius 1 is 1.44 bits per heavy atom. The number of aromatic nitrogens is 3. The fourth-order valence-corrected chi connectivity index (χ4v) is 1.98. The Hall–Kier alpha value is -1.68. The zero-order valence-corrected chi connectivity index (χ0v) is 11.2. The lowest BCUT2D eigenvalue weighted by atomic mass is 10.1. The predicted molar refractivity (Wildman–Crippen MR) is 72.1 cm³/mol. The van der Waals surface area contributed by atoms with Crippen LogP contribution in [0, 0.1) is 0 Å². The Labute approximate surface area is 108 Å². The van der Waals surface area contributed by atoms with Gasteiger partial charge in [-0.2, -0.15) is 5.10 Å². The summed E-state index contributed by atoms with van der Waals surface area (Å²) in [6, 6.07) is 4.41. The van der Waals surface area contributed by atoms with Crippen LogP contribution in [0.15, 0.2) is 30.7 Å². The van der Waals surface area contributed by atoms with Gasteiger partial charge in [0.2, 0.25) is 0 Å². The van der Waals surface area contributed by atoms with Gasteiger partial charge >= 0.3 is 0 Å². The first-order valence-electron chi connectivity index (χ1n) is 6.35. The van der Waals surface area contributed by atoms with E-state index in [2.05, 4.69) is 35.3 Å². The number of aryl methyl sites for hydroxylation is 2. The summed E-state index contributed by atoms with van der Waals surface area (Å²) in [6.07, 6.45) is 6.81. The topological polar surface area (TPSA) is 42.7 Å². The van der Waals surface area contributed by atoms with Gasteiger partial charge in [0.15, 0.2) is 0 Å². The van der Waals surface area contributed by atoms with Crippen molar-refractivity contribution in [3.63, 3.8) is 0 Å². The molecule has 0 saturated heterocycles. The van der Waals surface area contributed by atoms with Gasteiger partial charge in [-0.15, -0.1) is 0 Å². The second-order valence-corrected chi connectivity index (χ2v) is 4.51. The van der Waals surface area contributed by atoms with Crippen molar-refractivity contribution in [2.24, 2.45) is 7.05 Å². The highest BCUT2D eigenvalue weighted by Gasteiger charge is 2.08. The normalized spacial score (nSPS) is 12.6. The fourth-order valence-electron chi connectivity index (χ4n) is 1.98. The minimum absolute atomic E-state index is 0.283. The van der Waals surface area contributed by atoms with Crippen LogP contribution in [0.5, 0.6) is 0 Å². The third kappa shape index (κ3) is 2.96. The molecule has 0 aromatic carbocycles. The molecule has 2 aromatic heterocycles. The van der Waals surface area contributed by atoms with E-state index < -0.39 is 0 Å². The molecular formula is C14H20N4. The number of pyridine rings is 1.